The summed E-state index contributed by atoms with van der Waals surface area (Å²) >= 11 is 0. The first-order valence-corrected chi connectivity index (χ1v) is 11.8. The zero-order valence-corrected chi connectivity index (χ0v) is 20.1. The number of aliphatic carboxylic acids is 1. The van der Waals surface area contributed by atoms with E-state index in [1.54, 1.807) is 0 Å². The Morgan fingerprint density at radius 3 is 2.57 bits per heavy atom. The number of fused-ring (bicyclic) bond motifs is 2. The molecule has 1 unspecified atom stereocenters. The molecule has 1 N–H and O–H groups in total. The Morgan fingerprint density at radius 1 is 1.11 bits per heavy atom. The molecule has 1 saturated heterocycles. The number of benzene rings is 2. The molecule has 0 amide bonds. The highest BCUT2D eigenvalue weighted by molar-refractivity contribution is 5.73. The lowest BCUT2D eigenvalue weighted by Gasteiger charge is -2.35. The van der Waals surface area contributed by atoms with Crippen molar-refractivity contribution in [3.8, 4) is 22.8 Å². The molecule has 1 aromatic heterocycles. The van der Waals surface area contributed by atoms with Crippen molar-refractivity contribution in [2.24, 2.45) is 0 Å². The van der Waals surface area contributed by atoms with Gasteiger partial charge in [0.1, 0.15) is 18.0 Å². The number of rotatable bonds is 3. The monoisotopic (exact) mass is 517 g/mol. The standard InChI is InChI=1S/C24H25N3O3.C2HF3O2/c1-17-2-5-19(6-3-17)20-11-25-23-13-30-24(15-27(20)23)8-9-26(14-24)12-18-4-7-21-22(10-18)29-16-28-21;3-2(4,5)1(6)7/h2-7,10-11H,8-9,12-16H2,1H3;(H,6,7). The highest BCUT2D eigenvalue weighted by Gasteiger charge is 2.43. The topological polar surface area (TPSA) is 86.0 Å². The Bertz CT molecular complexity index is 1290. The van der Waals surface area contributed by atoms with E-state index in [4.69, 9.17) is 24.1 Å². The molecule has 0 bridgehead atoms. The van der Waals surface area contributed by atoms with E-state index in [0.717, 1.165) is 49.9 Å². The van der Waals surface area contributed by atoms with Crippen molar-refractivity contribution in [3.05, 3.63) is 65.6 Å². The normalized spacial score (nSPS) is 20.4. The van der Waals surface area contributed by atoms with Gasteiger partial charge in [0, 0.05) is 19.6 Å². The molecular formula is C26H26F3N3O5. The maximum absolute atomic E-state index is 10.6. The number of halogens is 3. The molecule has 37 heavy (non-hydrogen) atoms. The minimum absolute atomic E-state index is 0.149. The van der Waals surface area contributed by atoms with Crippen LogP contribution in [0.3, 0.4) is 0 Å². The van der Waals surface area contributed by atoms with Crippen LogP contribution in [-0.4, -0.2) is 57.2 Å². The second-order valence-corrected chi connectivity index (χ2v) is 9.43. The second kappa shape index (κ2) is 9.71. The fourth-order valence-corrected chi connectivity index (χ4v) is 4.82. The molecule has 8 nitrogen and oxygen atoms in total. The molecule has 0 aliphatic carbocycles. The Morgan fingerprint density at radius 2 is 1.84 bits per heavy atom. The molecule has 6 rings (SSSR count). The SMILES string of the molecule is Cc1ccc(-c2cnc3n2CC2(CCN(Cc4ccc5c(c4)OCO5)C2)OC3)cc1.O=C(O)C(F)(F)F. The molecular weight excluding hydrogens is 491 g/mol. The van der Waals surface area contributed by atoms with Gasteiger partial charge in [-0.15, -0.1) is 0 Å². The molecule has 3 aliphatic rings. The Balaban J connectivity index is 0.000000355. The van der Waals surface area contributed by atoms with Gasteiger partial charge in [-0.1, -0.05) is 35.9 Å². The molecule has 2 aromatic carbocycles. The summed E-state index contributed by atoms with van der Waals surface area (Å²) < 4.78 is 51.4. The summed E-state index contributed by atoms with van der Waals surface area (Å²) in [5.41, 5.74) is 4.76. The van der Waals surface area contributed by atoms with E-state index >= 15 is 0 Å². The first kappa shape index (κ1) is 25.1. The van der Waals surface area contributed by atoms with Crippen molar-refractivity contribution >= 4 is 5.97 Å². The molecule has 11 heteroatoms. The van der Waals surface area contributed by atoms with Crippen LogP contribution in [0.2, 0.25) is 0 Å². The van der Waals surface area contributed by atoms with E-state index in [9.17, 15) is 13.2 Å². The summed E-state index contributed by atoms with van der Waals surface area (Å²) in [6.45, 7) is 6.70. The smallest absolute Gasteiger partial charge is 0.475 e. The summed E-state index contributed by atoms with van der Waals surface area (Å²) in [4.78, 5) is 16.0. The van der Waals surface area contributed by atoms with Crippen molar-refractivity contribution < 1.29 is 37.3 Å². The lowest BCUT2D eigenvalue weighted by Crippen LogP contribution is -2.44. The van der Waals surface area contributed by atoms with Gasteiger partial charge >= 0.3 is 12.1 Å². The molecule has 3 aromatic rings. The van der Waals surface area contributed by atoms with E-state index in [1.807, 2.05) is 12.3 Å². The third-order valence-corrected chi connectivity index (χ3v) is 6.72. The third-order valence-electron chi connectivity index (χ3n) is 6.72. The van der Waals surface area contributed by atoms with Gasteiger partial charge in [0.25, 0.3) is 0 Å². The molecule has 4 heterocycles. The van der Waals surface area contributed by atoms with Crippen LogP contribution >= 0.6 is 0 Å². The summed E-state index contributed by atoms with van der Waals surface area (Å²) in [6.07, 6.45) is -2.07. The lowest BCUT2D eigenvalue weighted by molar-refractivity contribution is -0.192. The number of carboxylic acid groups (broad SMARTS) is 1. The predicted octanol–water partition coefficient (Wildman–Crippen LogP) is 4.40. The van der Waals surface area contributed by atoms with E-state index in [0.29, 0.717) is 13.4 Å². The number of ether oxygens (including phenoxy) is 3. The molecule has 1 fully saturated rings. The van der Waals surface area contributed by atoms with E-state index in [-0.39, 0.29) is 5.60 Å². The third kappa shape index (κ3) is 5.42. The Kier molecular flexibility index (Phi) is 6.59. The average molecular weight is 518 g/mol. The summed E-state index contributed by atoms with van der Waals surface area (Å²) in [7, 11) is 0. The van der Waals surface area contributed by atoms with Crippen molar-refractivity contribution in [3.63, 3.8) is 0 Å². The van der Waals surface area contributed by atoms with Gasteiger partial charge < -0.3 is 23.9 Å². The van der Waals surface area contributed by atoms with Gasteiger partial charge in [0.05, 0.1) is 18.4 Å². The molecule has 0 saturated carbocycles. The number of carboxylic acids is 1. The van der Waals surface area contributed by atoms with Crippen molar-refractivity contribution in [2.75, 3.05) is 19.9 Å². The molecule has 0 radical (unpaired) electrons. The average Bonchev–Trinajstić information content (AvgIpc) is 3.58. The molecule has 196 valence electrons. The van der Waals surface area contributed by atoms with Crippen LogP contribution in [0.5, 0.6) is 11.5 Å². The summed E-state index contributed by atoms with van der Waals surface area (Å²) in [6, 6.07) is 14.9. The van der Waals surface area contributed by atoms with Crippen LogP contribution in [0.4, 0.5) is 13.2 Å². The lowest BCUT2D eigenvalue weighted by atomic mass is 10.0. The van der Waals surface area contributed by atoms with Gasteiger partial charge in [-0.2, -0.15) is 13.2 Å². The zero-order chi connectivity index (χ0) is 26.2. The number of nitrogens with zero attached hydrogens (tertiary/aromatic N) is 3. The van der Waals surface area contributed by atoms with Gasteiger partial charge in [-0.05, 0) is 36.6 Å². The first-order chi connectivity index (χ1) is 17.6. The van der Waals surface area contributed by atoms with E-state index in [1.165, 1.54) is 22.4 Å². The maximum Gasteiger partial charge on any atom is 0.490 e. The number of hydrogen-bond acceptors (Lipinski definition) is 6. The van der Waals surface area contributed by atoms with Crippen molar-refractivity contribution in [1.82, 2.24) is 14.5 Å². The molecule has 3 aliphatic heterocycles. The number of alkyl halides is 3. The number of aromatic nitrogens is 2. The Hall–Kier alpha value is -3.57. The number of hydrogen-bond donors (Lipinski definition) is 1. The van der Waals surface area contributed by atoms with Crippen molar-refractivity contribution in [2.45, 2.75) is 44.8 Å². The summed E-state index contributed by atoms with van der Waals surface area (Å²) in [5, 5.41) is 7.12. The summed E-state index contributed by atoms with van der Waals surface area (Å²) in [5.74, 6) is -0.0532. The molecule has 1 spiro atoms. The van der Waals surface area contributed by atoms with Gasteiger partial charge in [-0.25, -0.2) is 9.78 Å². The minimum atomic E-state index is -5.08. The van der Waals surface area contributed by atoms with Gasteiger partial charge in [0.15, 0.2) is 11.5 Å². The maximum atomic E-state index is 10.6. The highest BCUT2D eigenvalue weighted by Crippen LogP contribution is 2.37. The minimum Gasteiger partial charge on any atom is -0.475 e. The molecule has 1 atom stereocenters. The first-order valence-electron chi connectivity index (χ1n) is 11.8. The highest BCUT2D eigenvalue weighted by atomic mass is 19.4. The second-order valence-electron chi connectivity index (χ2n) is 9.43. The van der Waals surface area contributed by atoms with Crippen molar-refractivity contribution in [1.29, 1.82) is 0 Å². The zero-order valence-electron chi connectivity index (χ0n) is 20.1. The largest absolute Gasteiger partial charge is 0.490 e. The van der Waals surface area contributed by atoms with E-state index < -0.39 is 12.1 Å². The fourth-order valence-electron chi connectivity index (χ4n) is 4.82. The van der Waals surface area contributed by atoms with Crippen LogP contribution in [0.15, 0.2) is 48.7 Å². The van der Waals surface area contributed by atoms with Gasteiger partial charge in [-0.3, -0.25) is 4.90 Å². The van der Waals surface area contributed by atoms with Crippen LogP contribution in [0.1, 0.15) is 23.4 Å². The van der Waals surface area contributed by atoms with Crippen LogP contribution in [0.25, 0.3) is 11.3 Å². The number of likely N-dealkylation sites (tertiary alicyclic amines) is 1. The fraction of sp³-hybridized carbons (Fsp3) is 0.385. The Labute approximate surface area is 211 Å². The number of aryl methyl sites for hydroxylation is 1. The number of imidazole rings is 1. The van der Waals surface area contributed by atoms with Gasteiger partial charge in [0.2, 0.25) is 6.79 Å². The quantitative estimate of drug-likeness (QED) is 0.551. The van der Waals surface area contributed by atoms with Crippen LogP contribution < -0.4 is 9.47 Å². The van der Waals surface area contributed by atoms with Crippen LogP contribution in [0, 0.1) is 6.92 Å². The number of carbonyl (C=O) groups is 1. The predicted molar refractivity (Wildman–Crippen MR) is 126 cm³/mol. The van der Waals surface area contributed by atoms with Crippen LogP contribution in [-0.2, 0) is 29.2 Å². The van der Waals surface area contributed by atoms with E-state index in [2.05, 4.69) is 57.8 Å².